The summed E-state index contributed by atoms with van der Waals surface area (Å²) in [6, 6.07) is -0.628. The number of amides is 1. The van der Waals surface area contributed by atoms with Crippen LogP contribution < -0.4 is 5.32 Å². The molecule has 0 radical (unpaired) electrons. The first-order chi connectivity index (χ1) is 35.0. The Labute approximate surface area is 443 Å². The lowest BCUT2D eigenvalue weighted by Crippen LogP contribution is -2.45. The van der Waals surface area contributed by atoms with Gasteiger partial charge in [-0.15, -0.1) is 0 Å². The van der Waals surface area contributed by atoms with Crippen molar-refractivity contribution in [1.29, 1.82) is 0 Å². The predicted octanol–water partition coefficient (Wildman–Crippen LogP) is 20.0. The van der Waals surface area contributed by atoms with Gasteiger partial charge in [-0.3, -0.25) is 9.59 Å². The van der Waals surface area contributed by atoms with Crippen molar-refractivity contribution in [2.75, 3.05) is 13.2 Å². The van der Waals surface area contributed by atoms with Gasteiger partial charge in [-0.2, -0.15) is 0 Å². The van der Waals surface area contributed by atoms with E-state index in [1.165, 1.54) is 263 Å². The van der Waals surface area contributed by atoms with Crippen molar-refractivity contribution in [2.45, 2.75) is 353 Å². The van der Waals surface area contributed by atoms with E-state index in [2.05, 4.69) is 43.5 Å². The first kappa shape index (κ1) is 69.1. The Hall–Kier alpha value is -1.92. The zero-order valence-corrected chi connectivity index (χ0v) is 47.7. The largest absolute Gasteiger partial charge is 0.466 e. The summed E-state index contributed by atoms with van der Waals surface area (Å²) in [5, 5.41) is 23.2. The first-order valence-electron chi connectivity index (χ1n) is 31.8. The number of hydrogen-bond acceptors (Lipinski definition) is 5. The quantitative estimate of drug-likeness (QED) is 0.0321. The molecule has 0 fully saturated rings. The molecule has 0 saturated heterocycles. The van der Waals surface area contributed by atoms with Gasteiger partial charge in [0, 0.05) is 12.8 Å². The normalized spacial score (nSPS) is 12.8. The summed E-state index contributed by atoms with van der Waals surface area (Å²) in [6.07, 6.45) is 76.1. The number of rotatable bonds is 59. The predicted molar refractivity (Wildman–Crippen MR) is 310 cm³/mol. The highest BCUT2D eigenvalue weighted by molar-refractivity contribution is 5.76. The molecule has 0 aromatic heterocycles. The number of aliphatic hydroxyl groups excluding tert-OH is 2. The van der Waals surface area contributed by atoms with Gasteiger partial charge >= 0.3 is 5.97 Å². The number of ether oxygens (including phenoxy) is 1. The van der Waals surface area contributed by atoms with Crippen LogP contribution in [0.5, 0.6) is 0 Å². The number of hydrogen-bond donors (Lipinski definition) is 3. The van der Waals surface area contributed by atoms with Crippen LogP contribution in [-0.2, 0) is 14.3 Å². The molecule has 0 saturated carbocycles. The zero-order valence-electron chi connectivity index (χ0n) is 47.7. The maximum Gasteiger partial charge on any atom is 0.305 e. The van der Waals surface area contributed by atoms with Gasteiger partial charge in [0.25, 0.3) is 0 Å². The molecule has 6 heteroatoms. The Balaban J connectivity index is 3.40. The van der Waals surface area contributed by atoms with Crippen molar-refractivity contribution in [3.8, 4) is 0 Å². The number of aliphatic hydroxyl groups is 2. The molecule has 0 aliphatic rings. The van der Waals surface area contributed by atoms with Crippen molar-refractivity contribution >= 4 is 11.9 Å². The van der Waals surface area contributed by atoms with E-state index >= 15 is 0 Å². The van der Waals surface area contributed by atoms with Gasteiger partial charge in [0.2, 0.25) is 5.91 Å². The third-order valence-electron chi connectivity index (χ3n) is 14.7. The van der Waals surface area contributed by atoms with Crippen LogP contribution in [0.1, 0.15) is 341 Å². The van der Waals surface area contributed by atoms with Crippen LogP contribution >= 0.6 is 0 Å². The number of nitrogens with one attached hydrogen (secondary N) is 1. The lowest BCUT2D eigenvalue weighted by atomic mass is 10.0. The number of carbonyl (C=O) groups excluding carboxylic acids is 2. The number of carbonyl (C=O) groups is 2. The Morgan fingerprint density at radius 3 is 1.11 bits per heavy atom. The second-order valence-electron chi connectivity index (χ2n) is 21.7. The maximum absolute atomic E-state index is 12.5. The molecule has 2 atom stereocenters. The molecule has 0 aromatic rings. The van der Waals surface area contributed by atoms with Crippen LogP contribution in [0.15, 0.2) is 36.5 Å². The molecular formula is C65H123NO5. The van der Waals surface area contributed by atoms with E-state index < -0.39 is 12.1 Å². The molecule has 0 spiro atoms. The molecule has 0 aliphatic heterocycles. The van der Waals surface area contributed by atoms with Gasteiger partial charge in [-0.1, -0.05) is 307 Å². The Morgan fingerprint density at radius 2 is 0.718 bits per heavy atom. The summed E-state index contributed by atoms with van der Waals surface area (Å²) < 4.78 is 5.47. The fourth-order valence-electron chi connectivity index (χ4n) is 9.77. The highest BCUT2D eigenvalue weighted by Crippen LogP contribution is 2.18. The van der Waals surface area contributed by atoms with Crippen LogP contribution in [-0.4, -0.2) is 47.4 Å². The molecule has 418 valence electrons. The van der Waals surface area contributed by atoms with Crippen molar-refractivity contribution in [2.24, 2.45) is 0 Å². The average Bonchev–Trinajstić information content (AvgIpc) is 3.37. The third kappa shape index (κ3) is 57.2. The van der Waals surface area contributed by atoms with E-state index in [1.807, 2.05) is 6.08 Å². The van der Waals surface area contributed by atoms with Gasteiger partial charge < -0.3 is 20.3 Å². The zero-order chi connectivity index (χ0) is 51.4. The molecule has 0 aliphatic carbocycles. The topological polar surface area (TPSA) is 95.9 Å². The summed E-state index contributed by atoms with van der Waals surface area (Å²) in [6.45, 7) is 4.88. The van der Waals surface area contributed by atoms with Crippen LogP contribution in [0.2, 0.25) is 0 Å². The van der Waals surface area contributed by atoms with Gasteiger partial charge in [0.1, 0.15) is 0 Å². The van der Waals surface area contributed by atoms with Crippen molar-refractivity contribution in [3.63, 3.8) is 0 Å². The van der Waals surface area contributed by atoms with E-state index in [9.17, 15) is 19.8 Å². The van der Waals surface area contributed by atoms with E-state index in [-0.39, 0.29) is 18.5 Å². The van der Waals surface area contributed by atoms with Crippen LogP contribution in [0.25, 0.3) is 0 Å². The van der Waals surface area contributed by atoms with Gasteiger partial charge in [0.15, 0.2) is 0 Å². The Morgan fingerprint density at radius 1 is 0.394 bits per heavy atom. The molecule has 0 heterocycles. The second-order valence-corrected chi connectivity index (χ2v) is 21.7. The van der Waals surface area contributed by atoms with Crippen LogP contribution in [0.3, 0.4) is 0 Å². The van der Waals surface area contributed by atoms with Crippen molar-refractivity contribution in [3.05, 3.63) is 36.5 Å². The third-order valence-corrected chi connectivity index (χ3v) is 14.7. The molecule has 0 rings (SSSR count). The lowest BCUT2D eigenvalue weighted by Gasteiger charge is -2.20. The second kappa shape index (κ2) is 60.6. The Kier molecular flexibility index (Phi) is 59.0. The molecule has 0 aromatic carbocycles. The summed E-state index contributed by atoms with van der Waals surface area (Å²) in [5.74, 6) is -0.0663. The van der Waals surface area contributed by atoms with E-state index in [0.29, 0.717) is 19.4 Å². The molecule has 2 unspecified atom stereocenters. The van der Waals surface area contributed by atoms with Crippen molar-refractivity contribution in [1.82, 2.24) is 5.32 Å². The maximum atomic E-state index is 12.5. The number of unbranched alkanes of at least 4 members (excludes halogenated alkanes) is 44. The SMILES string of the molecule is CCCC/C=C\C/C=C\CCCCCCCC(=O)OCCCCCCCCCCCCCCCCCCCCCCCCCC(=O)NC(CO)C(O)/C=C/CCCCCCCCCCCCCCCCC. The standard InChI is InChI=1S/C65H123NO5/c1-3-5-7-9-11-13-15-17-19-27-30-33-37-41-45-49-53-57-63(68)62(61-67)66-64(69)58-54-50-46-42-38-34-31-28-25-23-21-20-22-24-26-29-32-36-40-44-48-52-56-60-71-65(70)59-55-51-47-43-39-35-18-16-14-12-10-8-6-4-2/h10,12,16,18,53,57,62-63,67-68H,3-9,11,13-15,17,19-52,54-56,58-61H2,1-2H3,(H,66,69)/b12-10-,18-16-,57-53+. The first-order valence-corrected chi connectivity index (χ1v) is 31.8. The summed E-state index contributed by atoms with van der Waals surface area (Å²) in [5.41, 5.74) is 0. The molecular weight excluding hydrogens is 875 g/mol. The van der Waals surface area contributed by atoms with Gasteiger partial charge in [0.05, 0.1) is 25.4 Å². The van der Waals surface area contributed by atoms with Gasteiger partial charge in [-0.25, -0.2) is 0 Å². The number of allylic oxidation sites excluding steroid dienone is 5. The fourth-order valence-corrected chi connectivity index (χ4v) is 9.77. The molecule has 71 heavy (non-hydrogen) atoms. The minimum Gasteiger partial charge on any atom is -0.466 e. The van der Waals surface area contributed by atoms with Gasteiger partial charge in [-0.05, 0) is 57.8 Å². The average molecular weight is 999 g/mol. The minimum absolute atomic E-state index is 0.000666. The molecule has 3 N–H and O–H groups in total. The van der Waals surface area contributed by atoms with Crippen LogP contribution in [0.4, 0.5) is 0 Å². The van der Waals surface area contributed by atoms with E-state index in [1.54, 1.807) is 6.08 Å². The highest BCUT2D eigenvalue weighted by atomic mass is 16.5. The Bertz CT molecular complexity index is 1150. The van der Waals surface area contributed by atoms with Crippen LogP contribution in [0, 0.1) is 0 Å². The summed E-state index contributed by atoms with van der Waals surface area (Å²) in [7, 11) is 0. The molecule has 0 bridgehead atoms. The number of esters is 1. The lowest BCUT2D eigenvalue weighted by molar-refractivity contribution is -0.143. The highest BCUT2D eigenvalue weighted by Gasteiger charge is 2.18. The van der Waals surface area contributed by atoms with E-state index in [0.717, 1.165) is 51.4 Å². The fraction of sp³-hybridized carbons (Fsp3) is 0.877. The summed E-state index contributed by atoms with van der Waals surface area (Å²) in [4.78, 5) is 24.5. The monoisotopic (exact) mass is 998 g/mol. The smallest absolute Gasteiger partial charge is 0.305 e. The van der Waals surface area contributed by atoms with E-state index in [4.69, 9.17) is 4.74 Å². The molecule has 6 nitrogen and oxygen atoms in total. The molecule has 1 amide bonds. The van der Waals surface area contributed by atoms with Crippen molar-refractivity contribution < 1.29 is 24.5 Å². The summed E-state index contributed by atoms with van der Waals surface area (Å²) >= 11 is 0. The minimum atomic E-state index is -0.845.